The maximum atomic E-state index is 11.9. The highest BCUT2D eigenvalue weighted by Gasteiger charge is 2.12. The van der Waals surface area contributed by atoms with Crippen LogP contribution in [0.3, 0.4) is 0 Å². The monoisotopic (exact) mass is 354 g/mol. The number of aromatic hydroxyl groups is 1. The fraction of sp³-hybridized carbons (Fsp3) is 0. The number of para-hydroxylation sites is 1. The van der Waals surface area contributed by atoms with Crippen molar-refractivity contribution in [3.8, 4) is 5.75 Å². The number of halogens is 1. The molecule has 0 atom stereocenters. The number of carbonyl (C=O) groups excluding carboxylic acids is 1. The van der Waals surface area contributed by atoms with Gasteiger partial charge in [0.2, 0.25) is 0 Å². The van der Waals surface area contributed by atoms with Crippen molar-refractivity contribution in [3.63, 3.8) is 0 Å². The summed E-state index contributed by atoms with van der Waals surface area (Å²) in [4.78, 5) is 11.9. The second-order valence-electron chi connectivity index (χ2n) is 3.70. The van der Waals surface area contributed by atoms with Gasteiger partial charge in [-0.2, -0.15) is 0 Å². The molecule has 2 rings (SSSR count). The Bertz CT molecular complexity index is 582. The van der Waals surface area contributed by atoms with E-state index in [4.69, 9.17) is 5.73 Å². The van der Waals surface area contributed by atoms with Crippen LogP contribution >= 0.6 is 22.6 Å². The fourth-order valence-corrected chi connectivity index (χ4v) is 1.84. The van der Waals surface area contributed by atoms with Gasteiger partial charge in [0.05, 0.1) is 11.3 Å². The van der Waals surface area contributed by atoms with Gasteiger partial charge in [0.1, 0.15) is 0 Å². The van der Waals surface area contributed by atoms with Crippen LogP contribution in [-0.2, 0) is 0 Å². The minimum Gasteiger partial charge on any atom is -0.505 e. The molecule has 0 aliphatic rings. The molecule has 1 amide bonds. The summed E-state index contributed by atoms with van der Waals surface area (Å²) in [5.41, 5.74) is 6.56. The molecule has 0 spiro atoms. The highest BCUT2D eigenvalue weighted by Crippen LogP contribution is 2.25. The average Bonchev–Trinajstić information content (AvgIpc) is 2.35. The lowest BCUT2D eigenvalue weighted by atomic mass is 10.1. The van der Waals surface area contributed by atoms with Gasteiger partial charge in [0.15, 0.2) is 5.75 Å². The zero-order chi connectivity index (χ0) is 13.1. The van der Waals surface area contributed by atoms with Crippen molar-refractivity contribution in [1.29, 1.82) is 0 Å². The van der Waals surface area contributed by atoms with Crippen molar-refractivity contribution in [2.45, 2.75) is 0 Å². The number of nitrogen functional groups attached to an aromatic ring is 1. The summed E-state index contributed by atoms with van der Waals surface area (Å²) in [5.74, 6) is -0.582. The Balaban J connectivity index is 2.22. The second kappa shape index (κ2) is 5.26. The van der Waals surface area contributed by atoms with Gasteiger partial charge in [-0.3, -0.25) is 4.79 Å². The van der Waals surface area contributed by atoms with Crippen molar-refractivity contribution < 1.29 is 9.90 Å². The van der Waals surface area contributed by atoms with Crippen LogP contribution in [0.4, 0.5) is 11.4 Å². The highest BCUT2D eigenvalue weighted by atomic mass is 127. The van der Waals surface area contributed by atoms with Crippen LogP contribution < -0.4 is 11.1 Å². The lowest BCUT2D eigenvalue weighted by molar-refractivity contribution is 0.102. The van der Waals surface area contributed by atoms with Crippen molar-refractivity contribution >= 4 is 39.9 Å². The van der Waals surface area contributed by atoms with E-state index in [2.05, 4.69) is 27.9 Å². The molecule has 0 aromatic heterocycles. The lowest BCUT2D eigenvalue weighted by Gasteiger charge is -2.08. The quantitative estimate of drug-likeness (QED) is 0.441. The van der Waals surface area contributed by atoms with Gasteiger partial charge in [-0.05, 0) is 59.0 Å². The third-order valence-electron chi connectivity index (χ3n) is 2.41. The maximum Gasteiger partial charge on any atom is 0.259 e. The number of hydrogen-bond donors (Lipinski definition) is 3. The molecule has 5 heteroatoms. The standard InChI is InChI=1S/C13H11IN2O2/c14-8-4-6-9(7-5-8)16-13(18)10-2-1-3-11(15)12(10)17/h1-7,17H,15H2,(H,16,18). The summed E-state index contributed by atoms with van der Waals surface area (Å²) in [6, 6.07) is 12.0. The third-order valence-corrected chi connectivity index (χ3v) is 3.13. The normalized spacial score (nSPS) is 10.1. The van der Waals surface area contributed by atoms with E-state index in [1.54, 1.807) is 18.2 Å². The molecule has 0 unspecified atom stereocenters. The predicted octanol–water partition coefficient (Wildman–Crippen LogP) is 2.83. The number of benzene rings is 2. The Labute approximate surface area is 118 Å². The number of nitrogens with two attached hydrogens (primary N) is 1. The largest absolute Gasteiger partial charge is 0.505 e. The Morgan fingerprint density at radius 3 is 2.50 bits per heavy atom. The number of phenolic OH excluding ortho intramolecular Hbond substituents is 1. The lowest BCUT2D eigenvalue weighted by Crippen LogP contribution is -2.12. The molecule has 4 nitrogen and oxygen atoms in total. The maximum absolute atomic E-state index is 11.9. The van der Waals surface area contributed by atoms with Gasteiger partial charge in [0, 0.05) is 9.26 Å². The molecule has 0 saturated carbocycles. The van der Waals surface area contributed by atoms with Crippen LogP contribution in [0.2, 0.25) is 0 Å². The number of phenols is 1. The minimum absolute atomic E-state index is 0.161. The molecule has 2 aromatic rings. The van der Waals surface area contributed by atoms with Gasteiger partial charge >= 0.3 is 0 Å². The number of carbonyl (C=O) groups is 1. The first kappa shape index (κ1) is 12.7. The first-order chi connectivity index (χ1) is 8.58. The van der Waals surface area contributed by atoms with E-state index in [0.29, 0.717) is 5.69 Å². The molecule has 0 aliphatic heterocycles. The van der Waals surface area contributed by atoms with Crippen LogP contribution in [0.15, 0.2) is 42.5 Å². The Morgan fingerprint density at radius 2 is 1.83 bits per heavy atom. The zero-order valence-electron chi connectivity index (χ0n) is 9.35. The van der Waals surface area contributed by atoms with Crippen molar-refractivity contribution in [2.75, 3.05) is 11.1 Å². The molecule has 0 heterocycles. The van der Waals surface area contributed by atoms with E-state index in [1.165, 1.54) is 12.1 Å². The highest BCUT2D eigenvalue weighted by molar-refractivity contribution is 14.1. The average molecular weight is 354 g/mol. The number of amides is 1. The molecule has 0 fully saturated rings. The zero-order valence-corrected chi connectivity index (χ0v) is 11.5. The van der Waals surface area contributed by atoms with Crippen LogP contribution in [0.1, 0.15) is 10.4 Å². The number of nitrogens with one attached hydrogen (secondary N) is 1. The Hall–Kier alpha value is -1.76. The summed E-state index contributed by atoms with van der Waals surface area (Å²) in [6.45, 7) is 0. The van der Waals surface area contributed by atoms with E-state index in [-0.39, 0.29) is 22.9 Å². The van der Waals surface area contributed by atoms with Crippen LogP contribution in [0.25, 0.3) is 0 Å². The minimum atomic E-state index is -0.388. The molecule has 0 saturated heterocycles. The first-order valence-electron chi connectivity index (χ1n) is 5.22. The van der Waals surface area contributed by atoms with Crippen molar-refractivity contribution in [3.05, 3.63) is 51.6 Å². The molecule has 0 aliphatic carbocycles. The molecule has 2 aromatic carbocycles. The Morgan fingerprint density at radius 1 is 1.17 bits per heavy atom. The molecular weight excluding hydrogens is 343 g/mol. The summed E-state index contributed by atoms with van der Waals surface area (Å²) >= 11 is 2.18. The van der Waals surface area contributed by atoms with E-state index >= 15 is 0 Å². The number of anilines is 2. The first-order valence-corrected chi connectivity index (χ1v) is 6.30. The van der Waals surface area contributed by atoms with E-state index in [9.17, 15) is 9.90 Å². The summed E-state index contributed by atoms with van der Waals surface area (Å²) in [7, 11) is 0. The molecule has 92 valence electrons. The smallest absolute Gasteiger partial charge is 0.259 e. The number of rotatable bonds is 2. The number of hydrogen-bond acceptors (Lipinski definition) is 3. The van der Waals surface area contributed by atoms with Gasteiger partial charge < -0.3 is 16.2 Å². The SMILES string of the molecule is Nc1cccc(C(=O)Nc2ccc(I)cc2)c1O. The fourth-order valence-electron chi connectivity index (χ4n) is 1.48. The van der Waals surface area contributed by atoms with Gasteiger partial charge in [-0.1, -0.05) is 6.07 Å². The third kappa shape index (κ3) is 2.73. The summed E-state index contributed by atoms with van der Waals surface area (Å²) in [5, 5.41) is 12.4. The van der Waals surface area contributed by atoms with Gasteiger partial charge in [-0.15, -0.1) is 0 Å². The van der Waals surface area contributed by atoms with E-state index in [0.717, 1.165) is 3.57 Å². The topological polar surface area (TPSA) is 75.4 Å². The van der Waals surface area contributed by atoms with Crippen LogP contribution in [0, 0.1) is 3.57 Å². The van der Waals surface area contributed by atoms with Crippen LogP contribution in [-0.4, -0.2) is 11.0 Å². The predicted molar refractivity (Wildman–Crippen MR) is 79.6 cm³/mol. The molecule has 0 radical (unpaired) electrons. The van der Waals surface area contributed by atoms with E-state index < -0.39 is 0 Å². The Kier molecular flexibility index (Phi) is 3.71. The van der Waals surface area contributed by atoms with Gasteiger partial charge in [-0.25, -0.2) is 0 Å². The van der Waals surface area contributed by atoms with Crippen molar-refractivity contribution in [2.24, 2.45) is 0 Å². The summed E-state index contributed by atoms with van der Waals surface area (Å²) in [6.07, 6.45) is 0. The van der Waals surface area contributed by atoms with Crippen LogP contribution in [0.5, 0.6) is 5.75 Å². The molecule has 4 N–H and O–H groups in total. The molecular formula is C13H11IN2O2. The molecule has 0 bridgehead atoms. The van der Waals surface area contributed by atoms with Gasteiger partial charge in [0.25, 0.3) is 5.91 Å². The second-order valence-corrected chi connectivity index (χ2v) is 4.95. The van der Waals surface area contributed by atoms with E-state index in [1.807, 2.05) is 12.1 Å². The van der Waals surface area contributed by atoms with Crippen molar-refractivity contribution in [1.82, 2.24) is 0 Å². The summed E-state index contributed by atoms with van der Waals surface area (Å²) < 4.78 is 1.08. The molecule has 18 heavy (non-hydrogen) atoms.